The lowest BCUT2D eigenvalue weighted by Crippen LogP contribution is -1.96. The van der Waals surface area contributed by atoms with Gasteiger partial charge >= 0.3 is 0 Å². The molecule has 0 fully saturated rings. The average Bonchev–Trinajstić information content (AvgIpc) is 2.61. The van der Waals surface area contributed by atoms with Crippen molar-refractivity contribution < 1.29 is 4.74 Å². The summed E-state index contributed by atoms with van der Waals surface area (Å²) in [7, 11) is 0. The van der Waals surface area contributed by atoms with Crippen LogP contribution in [0.3, 0.4) is 0 Å². The number of benzene rings is 2. The van der Waals surface area contributed by atoms with Gasteiger partial charge in [0.2, 0.25) is 5.88 Å². The molecule has 0 aliphatic carbocycles. The molecule has 3 aromatic rings. The van der Waals surface area contributed by atoms with Crippen molar-refractivity contribution in [3.05, 3.63) is 84.1 Å². The van der Waals surface area contributed by atoms with Crippen LogP contribution in [0.25, 0.3) is 11.1 Å². The maximum absolute atomic E-state index is 8.95. The Morgan fingerprint density at radius 2 is 1.77 bits per heavy atom. The van der Waals surface area contributed by atoms with Crippen LogP contribution in [0.2, 0.25) is 0 Å². The number of aromatic nitrogens is 1. The van der Waals surface area contributed by atoms with Crippen molar-refractivity contribution in [3.8, 4) is 23.1 Å². The fraction of sp³-hybridized carbons (Fsp3) is 0.0526. The summed E-state index contributed by atoms with van der Waals surface area (Å²) in [5.41, 5.74) is 3.68. The Morgan fingerprint density at radius 1 is 0.909 bits per heavy atom. The Kier molecular flexibility index (Phi) is 4.12. The lowest BCUT2D eigenvalue weighted by atomic mass is 10.1. The van der Waals surface area contributed by atoms with E-state index in [-0.39, 0.29) is 0 Å². The predicted octanol–water partition coefficient (Wildman–Crippen LogP) is 4.20. The Morgan fingerprint density at radius 3 is 2.50 bits per heavy atom. The van der Waals surface area contributed by atoms with Crippen LogP contribution in [0.5, 0.6) is 5.88 Å². The maximum atomic E-state index is 8.95. The molecule has 1 heterocycles. The van der Waals surface area contributed by atoms with Crippen LogP contribution in [-0.2, 0) is 6.61 Å². The van der Waals surface area contributed by atoms with Crippen molar-refractivity contribution in [1.82, 2.24) is 4.98 Å². The highest BCUT2D eigenvalue weighted by molar-refractivity contribution is 5.64. The molecule has 3 nitrogen and oxygen atoms in total. The molecule has 0 radical (unpaired) electrons. The minimum atomic E-state index is 0.497. The van der Waals surface area contributed by atoms with E-state index in [0.717, 1.165) is 16.7 Å². The molecule has 0 amide bonds. The molecule has 3 heteroatoms. The van der Waals surface area contributed by atoms with Crippen LogP contribution in [0.1, 0.15) is 11.1 Å². The van der Waals surface area contributed by atoms with Gasteiger partial charge in [-0.05, 0) is 29.3 Å². The first-order chi connectivity index (χ1) is 10.8. The van der Waals surface area contributed by atoms with Crippen LogP contribution in [0, 0.1) is 11.3 Å². The number of nitriles is 1. The summed E-state index contributed by atoms with van der Waals surface area (Å²) in [5, 5.41) is 8.95. The summed E-state index contributed by atoms with van der Waals surface area (Å²) in [6.07, 6.45) is 1.76. The smallest absolute Gasteiger partial charge is 0.213 e. The van der Waals surface area contributed by atoms with E-state index in [1.165, 1.54) is 0 Å². The third-order valence-corrected chi connectivity index (χ3v) is 3.29. The molecule has 0 N–H and O–H groups in total. The highest BCUT2D eigenvalue weighted by Gasteiger charge is 2.02. The maximum Gasteiger partial charge on any atom is 0.213 e. The quantitative estimate of drug-likeness (QED) is 0.722. The van der Waals surface area contributed by atoms with Crippen molar-refractivity contribution in [2.24, 2.45) is 0 Å². The zero-order chi connectivity index (χ0) is 15.2. The molecule has 22 heavy (non-hydrogen) atoms. The predicted molar refractivity (Wildman–Crippen MR) is 85.2 cm³/mol. The van der Waals surface area contributed by atoms with E-state index in [0.29, 0.717) is 18.1 Å². The van der Waals surface area contributed by atoms with Crippen molar-refractivity contribution in [2.45, 2.75) is 6.61 Å². The lowest BCUT2D eigenvalue weighted by molar-refractivity contribution is 0.294. The molecule has 3 rings (SSSR count). The van der Waals surface area contributed by atoms with Gasteiger partial charge < -0.3 is 4.74 Å². The number of ether oxygens (including phenoxy) is 1. The summed E-state index contributed by atoms with van der Waals surface area (Å²) in [4.78, 5) is 4.32. The van der Waals surface area contributed by atoms with Crippen LogP contribution in [0.4, 0.5) is 0 Å². The van der Waals surface area contributed by atoms with Crippen LogP contribution in [0.15, 0.2) is 72.9 Å². The van der Waals surface area contributed by atoms with Gasteiger partial charge in [0.25, 0.3) is 0 Å². The number of hydrogen-bond acceptors (Lipinski definition) is 3. The molecule has 0 saturated heterocycles. The van der Waals surface area contributed by atoms with Crippen LogP contribution in [-0.4, -0.2) is 4.98 Å². The number of pyridine rings is 1. The average molecular weight is 286 g/mol. The molecule has 106 valence electrons. The SMILES string of the molecule is N#Cc1cccc(-c2ccc(OCc3ccccc3)nc2)c1. The Bertz CT molecular complexity index is 790. The Labute approximate surface area is 129 Å². The molecule has 0 atom stereocenters. The Balaban J connectivity index is 1.71. The van der Waals surface area contributed by atoms with Crippen LogP contribution >= 0.6 is 0 Å². The van der Waals surface area contributed by atoms with Gasteiger partial charge in [0, 0.05) is 17.8 Å². The first-order valence-electron chi connectivity index (χ1n) is 6.98. The van der Waals surface area contributed by atoms with Gasteiger partial charge in [0.15, 0.2) is 0 Å². The summed E-state index contributed by atoms with van der Waals surface area (Å²) >= 11 is 0. The second kappa shape index (κ2) is 6.55. The van der Waals surface area contributed by atoms with Gasteiger partial charge in [0.05, 0.1) is 11.6 Å². The van der Waals surface area contributed by atoms with E-state index in [2.05, 4.69) is 11.1 Å². The zero-order valence-corrected chi connectivity index (χ0v) is 11.9. The number of rotatable bonds is 4. The molecular weight excluding hydrogens is 272 g/mol. The van der Waals surface area contributed by atoms with Gasteiger partial charge in [-0.3, -0.25) is 0 Å². The summed E-state index contributed by atoms with van der Waals surface area (Å²) < 4.78 is 5.66. The minimum absolute atomic E-state index is 0.497. The standard InChI is InChI=1S/C19H14N2O/c20-12-16-7-4-8-17(11-16)18-9-10-19(21-13-18)22-14-15-5-2-1-3-6-15/h1-11,13H,14H2. The Hall–Kier alpha value is -3.12. The molecule has 0 aliphatic heterocycles. The fourth-order valence-corrected chi connectivity index (χ4v) is 2.14. The summed E-state index contributed by atoms with van der Waals surface area (Å²) in [5.74, 6) is 0.587. The van der Waals surface area contributed by atoms with E-state index >= 15 is 0 Å². The highest BCUT2D eigenvalue weighted by atomic mass is 16.5. The van der Waals surface area contributed by atoms with Gasteiger partial charge in [-0.1, -0.05) is 42.5 Å². The van der Waals surface area contributed by atoms with E-state index in [4.69, 9.17) is 10.00 Å². The van der Waals surface area contributed by atoms with Crippen molar-refractivity contribution in [1.29, 1.82) is 5.26 Å². The second-order valence-electron chi connectivity index (χ2n) is 4.85. The largest absolute Gasteiger partial charge is 0.473 e. The summed E-state index contributed by atoms with van der Waals surface area (Å²) in [6, 6.07) is 23.4. The third-order valence-electron chi connectivity index (χ3n) is 3.29. The molecule has 0 unspecified atom stereocenters. The van der Waals surface area contributed by atoms with Crippen molar-refractivity contribution in [3.63, 3.8) is 0 Å². The van der Waals surface area contributed by atoms with E-state index in [1.54, 1.807) is 12.3 Å². The van der Waals surface area contributed by atoms with Gasteiger partial charge in [-0.25, -0.2) is 4.98 Å². The highest BCUT2D eigenvalue weighted by Crippen LogP contribution is 2.21. The van der Waals surface area contributed by atoms with E-state index in [1.807, 2.05) is 60.7 Å². The number of nitrogens with zero attached hydrogens (tertiary/aromatic N) is 2. The molecule has 0 aliphatic rings. The fourth-order valence-electron chi connectivity index (χ4n) is 2.14. The van der Waals surface area contributed by atoms with Crippen molar-refractivity contribution >= 4 is 0 Å². The normalized spacial score (nSPS) is 9.95. The number of hydrogen-bond donors (Lipinski definition) is 0. The first kappa shape index (κ1) is 13.8. The van der Waals surface area contributed by atoms with Crippen molar-refractivity contribution in [2.75, 3.05) is 0 Å². The molecule has 0 bridgehead atoms. The molecular formula is C19H14N2O. The molecule has 0 saturated carbocycles. The minimum Gasteiger partial charge on any atom is -0.473 e. The molecule has 2 aromatic carbocycles. The topological polar surface area (TPSA) is 45.9 Å². The zero-order valence-electron chi connectivity index (χ0n) is 11.9. The van der Waals surface area contributed by atoms with Gasteiger partial charge in [0.1, 0.15) is 6.61 Å². The van der Waals surface area contributed by atoms with Crippen LogP contribution < -0.4 is 4.74 Å². The van der Waals surface area contributed by atoms with Gasteiger partial charge in [-0.2, -0.15) is 5.26 Å². The van der Waals surface area contributed by atoms with E-state index < -0.39 is 0 Å². The molecule has 0 spiro atoms. The summed E-state index contributed by atoms with van der Waals surface area (Å²) in [6.45, 7) is 0.497. The first-order valence-corrected chi connectivity index (χ1v) is 6.98. The third kappa shape index (κ3) is 3.31. The van der Waals surface area contributed by atoms with E-state index in [9.17, 15) is 0 Å². The second-order valence-corrected chi connectivity index (χ2v) is 4.85. The lowest BCUT2D eigenvalue weighted by Gasteiger charge is -2.06. The van der Waals surface area contributed by atoms with Gasteiger partial charge in [-0.15, -0.1) is 0 Å². The molecule has 1 aromatic heterocycles. The monoisotopic (exact) mass is 286 g/mol.